The van der Waals surface area contributed by atoms with Gasteiger partial charge in [-0.3, -0.25) is 14.3 Å². The quantitative estimate of drug-likeness (QED) is 0.185. The smallest absolute Gasteiger partial charge is 0.327 e. The summed E-state index contributed by atoms with van der Waals surface area (Å²) in [4.78, 5) is 28.6. The van der Waals surface area contributed by atoms with Crippen molar-refractivity contribution in [1.29, 1.82) is 0 Å². The first-order valence-corrected chi connectivity index (χ1v) is 16.4. The van der Waals surface area contributed by atoms with Crippen molar-refractivity contribution in [1.82, 2.24) is 23.3 Å². The van der Waals surface area contributed by atoms with Gasteiger partial charge in [0, 0.05) is 47.7 Å². The Labute approximate surface area is 279 Å². The van der Waals surface area contributed by atoms with Crippen molar-refractivity contribution in [3.05, 3.63) is 117 Å². The molecule has 1 aliphatic rings. The molecule has 1 aromatic carbocycles. The second kappa shape index (κ2) is 12.3. The van der Waals surface area contributed by atoms with Gasteiger partial charge < -0.3 is 9.55 Å². The molecule has 17 heteroatoms. The number of hydrogen-bond donors (Lipinski definition) is 1. The second-order valence-corrected chi connectivity index (χ2v) is 14.0. The van der Waals surface area contributed by atoms with E-state index in [0.29, 0.717) is 28.5 Å². The van der Waals surface area contributed by atoms with Gasteiger partial charge in [0.05, 0.1) is 18.5 Å². The number of alkyl halides is 6. The van der Waals surface area contributed by atoms with Gasteiger partial charge in [-0.1, -0.05) is 42.5 Å². The summed E-state index contributed by atoms with van der Waals surface area (Å²) in [5, 5.41) is 3.50. The lowest BCUT2D eigenvalue weighted by Crippen LogP contribution is -2.42. The molecule has 4 aromatic heterocycles. The number of aromatic amines is 1. The van der Waals surface area contributed by atoms with Crippen molar-refractivity contribution < 1.29 is 39.5 Å². The summed E-state index contributed by atoms with van der Waals surface area (Å²) in [7, 11) is -4.63. The Morgan fingerprint density at radius 2 is 1.70 bits per heavy atom. The average molecular weight is 720 g/mol. The number of H-pyrrole nitrogens is 1. The monoisotopic (exact) mass is 719 g/mol. The molecular weight excluding hydrogens is 692 g/mol. The third-order valence-corrected chi connectivity index (χ3v) is 11.2. The lowest BCUT2D eigenvalue weighted by atomic mass is 9.85. The van der Waals surface area contributed by atoms with E-state index in [9.17, 15) is 44.3 Å². The van der Waals surface area contributed by atoms with E-state index in [1.54, 1.807) is 49.4 Å². The number of pyridine rings is 2. The number of rotatable bonds is 8. The zero-order chi connectivity index (χ0) is 36.2. The maximum absolute atomic E-state index is 14.7. The van der Waals surface area contributed by atoms with Crippen molar-refractivity contribution in [2.45, 2.75) is 44.2 Å². The highest BCUT2D eigenvalue weighted by molar-refractivity contribution is 7.91. The molecule has 50 heavy (non-hydrogen) atoms. The molecule has 6 rings (SSSR count). The number of nitrogens with one attached hydrogen (secondary N) is 1. The molecule has 0 saturated heterocycles. The summed E-state index contributed by atoms with van der Waals surface area (Å²) in [6.45, 7) is 1.77. The standard InChI is InChI=1S/C33H27F6N5O5S/c1-20-14-22(25-16-28(45)42(12-13-49-33(37,38)39)19-26(25)21-6-4-3-5-7-21)8-10-31(20,2)50(47,48)44-27(15-23-9-11-40-30(46)29(23)44)24-17-41-43(18-24)32(34,35)36/h3-9,11,14-19H,10,12-13H2,1-2H3,(H,40,46). The Bertz CT molecular complexity index is 2400. The van der Waals surface area contributed by atoms with Crippen LogP contribution < -0.4 is 11.1 Å². The van der Waals surface area contributed by atoms with Gasteiger partial charge in [0.2, 0.25) is 10.0 Å². The van der Waals surface area contributed by atoms with Crippen molar-refractivity contribution in [2.24, 2.45) is 0 Å². The van der Waals surface area contributed by atoms with Crippen LogP contribution >= 0.6 is 0 Å². The Morgan fingerprint density at radius 1 is 0.980 bits per heavy atom. The highest BCUT2D eigenvalue weighted by Crippen LogP contribution is 2.43. The molecule has 0 fully saturated rings. The molecule has 10 nitrogen and oxygen atoms in total. The zero-order valence-electron chi connectivity index (χ0n) is 26.2. The number of ether oxygens (including phenoxy) is 1. The normalized spacial score (nSPS) is 17.2. The van der Waals surface area contributed by atoms with E-state index in [2.05, 4.69) is 14.8 Å². The van der Waals surface area contributed by atoms with Crippen LogP contribution in [0.4, 0.5) is 26.3 Å². The van der Waals surface area contributed by atoms with E-state index in [-0.39, 0.29) is 38.8 Å². The van der Waals surface area contributed by atoms with Gasteiger partial charge in [-0.05, 0) is 54.7 Å². The molecule has 0 spiro atoms. The fraction of sp³-hybridized carbons (Fsp3) is 0.242. The fourth-order valence-corrected chi connectivity index (χ4v) is 7.89. The molecule has 1 N–H and O–H groups in total. The number of fused-ring (bicyclic) bond motifs is 1. The lowest BCUT2D eigenvalue weighted by molar-refractivity contribution is -0.325. The van der Waals surface area contributed by atoms with Gasteiger partial charge >= 0.3 is 12.7 Å². The first-order valence-electron chi connectivity index (χ1n) is 14.9. The predicted molar refractivity (Wildman–Crippen MR) is 172 cm³/mol. The van der Waals surface area contributed by atoms with Crippen LogP contribution in [0.15, 0.2) is 101 Å². The van der Waals surface area contributed by atoms with Gasteiger partial charge in [0.1, 0.15) is 10.3 Å². The van der Waals surface area contributed by atoms with Crippen LogP contribution in [-0.2, 0) is 27.6 Å². The molecule has 0 bridgehead atoms. The maximum Gasteiger partial charge on any atom is 0.522 e. The highest BCUT2D eigenvalue weighted by atomic mass is 32.2. The van der Waals surface area contributed by atoms with E-state index in [1.807, 2.05) is 0 Å². The lowest BCUT2D eigenvalue weighted by Gasteiger charge is -2.34. The molecule has 0 amide bonds. The molecule has 4 heterocycles. The average Bonchev–Trinajstić information content (AvgIpc) is 3.70. The molecule has 1 atom stereocenters. The van der Waals surface area contributed by atoms with E-state index >= 15 is 0 Å². The fourth-order valence-electron chi connectivity index (χ4n) is 5.88. The summed E-state index contributed by atoms with van der Waals surface area (Å²) in [6, 6.07) is 12.7. The van der Waals surface area contributed by atoms with E-state index in [0.717, 1.165) is 14.7 Å². The van der Waals surface area contributed by atoms with Gasteiger partial charge in [-0.25, -0.2) is 12.4 Å². The van der Waals surface area contributed by atoms with Gasteiger partial charge in [-0.15, -0.1) is 26.3 Å². The Morgan fingerprint density at radius 3 is 2.34 bits per heavy atom. The molecule has 262 valence electrons. The minimum Gasteiger partial charge on any atom is -0.327 e. The molecule has 0 radical (unpaired) electrons. The number of hydrogen-bond acceptors (Lipinski definition) is 6. The summed E-state index contributed by atoms with van der Waals surface area (Å²) in [5.74, 6) is 0. The van der Waals surface area contributed by atoms with Crippen LogP contribution in [0.25, 0.3) is 38.9 Å². The summed E-state index contributed by atoms with van der Waals surface area (Å²) < 4.78 is 111. The van der Waals surface area contributed by atoms with Gasteiger partial charge in [0.15, 0.2) is 0 Å². The van der Waals surface area contributed by atoms with Gasteiger partial charge in [0.25, 0.3) is 11.1 Å². The minimum atomic E-state index is -4.88. The predicted octanol–water partition coefficient (Wildman–Crippen LogP) is 6.40. The summed E-state index contributed by atoms with van der Waals surface area (Å²) in [6.07, 6.45) is -2.62. The number of allylic oxidation sites excluding steroid dienone is 3. The molecule has 5 aromatic rings. The van der Waals surface area contributed by atoms with Crippen molar-refractivity contribution in [2.75, 3.05) is 6.61 Å². The summed E-state index contributed by atoms with van der Waals surface area (Å²) in [5.41, 5.74) is 0.107. The topological polar surface area (TPSA) is 121 Å². The summed E-state index contributed by atoms with van der Waals surface area (Å²) >= 11 is 0. The molecule has 1 aliphatic carbocycles. The van der Waals surface area contributed by atoms with E-state index in [1.165, 1.54) is 37.5 Å². The number of halogens is 6. The second-order valence-electron chi connectivity index (χ2n) is 11.8. The van der Waals surface area contributed by atoms with E-state index < -0.39 is 51.7 Å². The Balaban J connectivity index is 1.45. The van der Waals surface area contributed by atoms with Crippen molar-refractivity contribution >= 4 is 26.5 Å². The first-order chi connectivity index (χ1) is 23.4. The molecule has 0 aliphatic heterocycles. The molecular formula is C33H27F6N5O5S. The third-order valence-electron chi connectivity index (χ3n) is 8.67. The third kappa shape index (κ3) is 6.22. The maximum atomic E-state index is 14.7. The Kier molecular flexibility index (Phi) is 8.54. The van der Waals surface area contributed by atoms with Crippen LogP contribution in [0.1, 0.15) is 25.8 Å². The van der Waals surface area contributed by atoms with Crippen LogP contribution in [0.5, 0.6) is 0 Å². The number of nitrogens with zero attached hydrogens (tertiary/aromatic N) is 4. The van der Waals surface area contributed by atoms with Gasteiger partial charge in [-0.2, -0.15) is 9.78 Å². The van der Waals surface area contributed by atoms with Crippen LogP contribution in [0.2, 0.25) is 0 Å². The van der Waals surface area contributed by atoms with Crippen molar-refractivity contribution in [3.8, 4) is 22.4 Å². The first kappa shape index (κ1) is 34.7. The van der Waals surface area contributed by atoms with Crippen LogP contribution in [0, 0.1) is 0 Å². The van der Waals surface area contributed by atoms with Crippen LogP contribution in [0.3, 0.4) is 0 Å². The van der Waals surface area contributed by atoms with E-state index in [4.69, 9.17) is 0 Å². The largest absolute Gasteiger partial charge is 0.522 e. The Hall–Kier alpha value is -5.16. The number of aromatic nitrogens is 5. The number of benzene rings is 1. The van der Waals surface area contributed by atoms with Crippen LogP contribution in [-0.4, -0.2) is 49.4 Å². The zero-order valence-corrected chi connectivity index (χ0v) is 27.0. The SMILES string of the molecule is CC1=CC(c2cc(=O)n(CCOC(F)(F)F)cc2-c2ccccc2)=CCC1(C)S(=O)(=O)n1c(-c2cnn(C(F)(F)F)c2)cc2cc[nH]c(=O)c21. The van der Waals surface area contributed by atoms with Crippen molar-refractivity contribution in [3.63, 3.8) is 0 Å². The molecule has 0 saturated carbocycles. The minimum absolute atomic E-state index is 0.165. The highest BCUT2D eigenvalue weighted by Gasteiger charge is 2.45. The molecule has 1 unspecified atom stereocenters.